The van der Waals surface area contributed by atoms with E-state index in [1.807, 2.05) is 66.7 Å². The molecule has 5 aromatic carbocycles. The van der Waals surface area contributed by atoms with Crippen LogP contribution in [0.15, 0.2) is 133 Å². The van der Waals surface area contributed by atoms with E-state index in [9.17, 15) is 9.59 Å². The van der Waals surface area contributed by atoms with Gasteiger partial charge in [-0.3, -0.25) is 9.59 Å². The number of carbonyl (C=O) groups excluding carboxylic acids is 2. The first-order chi connectivity index (χ1) is 20.2. The van der Waals surface area contributed by atoms with Crippen molar-refractivity contribution in [2.45, 2.75) is 25.8 Å². The predicted molar refractivity (Wildman–Crippen MR) is 172 cm³/mol. The van der Waals surface area contributed by atoms with Gasteiger partial charge < -0.3 is 9.16 Å². The molecule has 0 amide bonds. The Hall–Kier alpha value is -4.74. The monoisotopic (exact) mass is 570 g/mol. The lowest BCUT2D eigenvalue weighted by molar-refractivity contribution is 0.0817. The molecule has 0 bridgehead atoms. The van der Waals surface area contributed by atoms with Gasteiger partial charge in [0, 0.05) is 11.1 Å². The number of ether oxygens (including phenoxy) is 1. The van der Waals surface area contributed by atoms with Crippen molar-refractivity contribution in [2.75, 3.05) is 7.11 Å². The summed E-state index contributed by atoms with van der Waals surface area (Å²) in [6, 6.07) is 42.4. The Bertz CT molecular complexity index is 1650. The summed E-state index contributed by atoms with van der Waals surface area (Å²) in [5.74, 6) is 0.268. The highest BCUT2D eigenvalue weighted by atomic mass is 28.4. The Morgan fingerprint density at radius 1 is 0.548 bits per heavy atom. The smallest absolute Gasteiger partial charge is 0.319 e. The zero-order valence-corrected chi connectivity index (χ0v) is 25.3. The van der Waals surface area contributed by atoms with Crippen LogP contribution in [0.3, 0.4) is 0 Å². The first-order valence-electron chi connectivity index (χ1n) is 14.0. The number of rotatable bonds is 9. The Kier molecular flexibility index (Phi) is 8.23. The normalized spacial score (nSPS) is 11.5. The molecular formula is C37H34O4Si. The molecule has 0 aliphatic rings. The quantitative estimate of drug-likeness (QED) is 0.106. The zero-order chi connectivity index (χ0) is 29.7. The lowest BCUT2D eigenvalue weighted by atomic mass is 9.97. The highest BCUT2D eigenvalue weighted by Gasteiger charge is 2.52. The van der Waals surface area contributed by atoms with Crippen LogP contribution >= 0.6 is 0 Å². The van der Waals surface area contributed by atoms with Gasteiger partial charge in [0.05, 0.1) is 7.11 Å². The fraction of sp³-hybridized carbons (Fsp3) is 0.135. The molecule has 0 radical (unpaired) electrons. The van der Waals surface area contributed by atoms with Gasteiger partial charge >= 0.3 is 8.32 Å². The Morgan fingerprint density at radius 3 is 1.62 bits per heavy atom. The van der Waals surface area contributed by atoms with Crippen LogP contribution in [0.2, 0.25) is 5.04 Å². The molecule has 0 aliphatic heterocycles. The summed E-state index contributed by atoms with van der Waals surface area (Å²) in [6.07, 6.45) is 0. The molecule has 0 saturated carbocycles. The minimum absolute atomic E-state index is 0.200. The maximum Gasteiger partial charge on any atom is 0.319 e. The number of Topliss-reactive ketones (excluding diaryl/α,β-unsaturated/α-hetero) is 2. The standard InChI is InChI=1S/C37H34O4Si/c1-37(2,3)42(33-17-7-5-8-18-33,34-19-9-6-10-20-34)41-31-23-21-27(22-24-31)35(38)36(39)30-15-11-13-28(25-30)29-14-12-16-32(26-29)40-4/h5-26H,1-4H3. The van der Waals surface area contributed by atoms with E-state index >= 15 is 0 Å². The van der Waals surface area contributed by atoms with Gasteiger partial charge in [-0.05, 0) is 69.0 Å². The summed E-state index contributed by atoms with van der Waals surface area (Å²) in [4.78, 5) is 26.6. The second-order valence-corrected chi connectivity index (χ2v) is 15.5. The molecule has 0 N–H and O–H groups in total. The minimum Gasteiger partial charge on any atom is -0.534 e. The maximum atomic E-state index is 13.3. The van der Waals surface area contributed by atoms with E-state index in [-0.39, 0.29) is 5.04 Å². The Morgan fingerprint density at radius 2 is 1.07 bits per heavy atom. The van der Waals surface area contributed by atoms with Gasteiger partial charge in [-0.1, -0.05) is 112 Å². The molecule has 0 unspecified atom stereocenters. The van der Waals surface area contributed by atoms with Crippen LogP contribution in [0.1, 0.15) is 41.5 Å². The van der Waals surface area contributed by atoms with Crippen LogP contribution in [0.25, 0.3) is 11.1 Å². The SMILES string of the molecule is COc1cccc(-c2cccc(C(=O)C(=O)c3ccc(O[Si](c4ccccc4)(c4ccccc4)C(C)(C)C)cc3)c2)c1. The lowest BCUT2D eigenvalue weighted by Crippen LogP contribution is -2.68. The molecular weight excluding hydrogens is 536 g/mol. The van der Waals surface area contributed by atoms with E-state index in [1.165, 1.54) is 0 Å². The van der Waals surface area contributed by atoms with Crippen molar-refractivity contribution in [2.24, 2.45) is 0 Å². The Balaban J connectivity index is 1.44. The minimum atomic E-state index is -2.82. The predicted octanol–water partition coefficient (Wildman–Crippen LogP) is 7.37. The third-order valence-corrected chi connectivity index (χ3v) is 12.5. The third kappa shape index (κ3) is 5.69. The summed E-state index contributed by atoms with van der Waals surface area (Å²) in [7, 11) is -1.20. The van der Waals surface area contributed by atoms with Crippen molar-refractivity contribution in [1.29, 1.82) is 0 Å². The van der Waals surface area contributed by atoms with Crippen LogP contribution in [0.5, 0.6) is 11.5 Å². The fourth-order valence-electron chi connectivity index (χ4n) is 5.41. The largest absolute Gasteiger partial charge is 0.534 e. The molecule has 5 rings (SSSR count). The average Bonchev–Trinajstić information content (AvgIpc) is 3.03. The number of ketones is 2. The highest BCUT2D eigenvalue weighted by molar-refractivity contribution is 7.00. The molecule has 0 saturated heterocycles. The molecule has 0 aliphatic carbocycles. The molecule has 4 nitrogen and oxygen atoms in total. The Labute approximate surface area is 248 Å². The van der Waals surface area contributed by atoms with Gasteiger partial charge in [-0.15, -0.1) is 0 Å². The maximum absolute atomic E-state index is 13.3. The van der Waals surface area contributed by atoms with Crippen LogP contribution < -0.4 is 19.5 Å². The molecule has 0 atom stereocenters. The fourth-order valence-corrected chi connectivity index (χ4v) is 9.83. The van der Waals surface area contributed by atoms with Gasteiger partial charge in [0.15, 0.2) is 0 Å². The summed E-state index contributed by atoms with van der Waals surface area (Å²) >= 11 is 0. The number of carbonyl (C=O) groups is 2. The topological polar surface area (TPSA) is 52.6 Å². The van der Waals surface area contributed by atoms with E-state index in [0.29, 0.717) is 16.9 Å². The summed E-state index contributed by atoms with van der Waals surface area (Å²) in [5, 5.41) is 2.12. The van der Waals surface area contributed by atoms with Gasteiger partial charge in [-0.25, -0.2) is 0 Å². The highest BCUT2D eigenvalue weighted by Crippen LogP contribution is 2.37. The molecule has 0 spiro atoms. The van der Waals surface area contributed by atoms with Gasteiger partial charge in [0.2, 0.25) is 11.6 Å². The lowest BCUT2D eigenvalue weighted by Gasteiger charge is -2.43. The van der Waals surface area contributed by atoms with Crippen molar-refractivity contribution < 1.29 is 18.8 Å². The van der Waals surface area contributed by atoms with Crippen LogP contribution in [-0.4, -0.2) is 27.0 Å². The summed E-state index contributed by atoms with van der Waals surface area (Å²) in [6.45, 7) is 6.65. The van der Waals surface area contributed by atoms with E-state index < -0.39 is 19.9 Å². The van der Waals surface area contributed by atoms with Crippen LogP contribution in [-0.2, 0) is 0 Å². The van der Waals surface area contributed by atoms with Gasteiger partial charge in [-0.2, -0.15) is 0 Å². The van der Waals surface area contributed by atoms with Crippen LogP contribution in [0, 0.1) is 0 Å². The first kappa shape index (κ1) is 28.8. The molecule has 0 aromatic heterocycles. The van der Waals surface area contributed by atoms with Crippen molar-refractivity contribution in [1.82, 2.24) is 0 Å². The first-order valence-corrected chi connectivity index (χ1v) is 15.9. The van der Waals surface area contributed by atoms with Gasteiger partial charge in [0.25, 0.3) is 0 Å². The van der Waals surface area contributed by atoms with E-state index in [1.54, 1.807) is 49.6 Å². The van der Waals surface area contributed by atoms with E-state index in [4.69, 9.17) is 9.16 Å². The molecule has 210 valence electrons. The van der Waals surface area contributed by atoms with Crippen molar-refractivity contribution in [3.05, 3.63) is 145 Å². The summed E-state index contributed by atoms with van der Waals surface area (Å²) < 4.78 is 12.4. The average molecular weight is 571 g/mol. The molecule has 42 heavy (non-hydrogen) atoms. The summed E-state index contributed by atoms with van der Waals surface area (Å²) in [5.41, 5.74) is 2.40. The second kappa shape index (κ2) is 12.0. The zero-order valence-electron chi connectivity index (χ0n) is 24.3. The van der Waals surface area contributed by atoms with E-state index in [0.717, 1.165) is 27.2 Å². The molecule has 5 aromatic rings. The molecule has 0 heterocycles. The third-order valence-electron chi connectivity index (χ3n) is 7.54. The number of methoxy groups -OCH3 is 1. The van der Waals surface area contributed by atoms with E-state index in [2.05, 4.69) is 45.0 Å². The number of hydrogen-bond donors (Lipinski definition) is 0. The van der Waals surface area contributed by atoms with Crippen molar-refractivity contribution >= 4 is 30.3 Å². The van der Waals surface area contributed by atoms with Crippen molar-refractivity contribution in [3.8, 4) is 22.6 Å². The van der Waals surface area contributed by atoms with Crippen molar-refractivity contribution in [3.63, 3.8) is 0 Å². The second-order valence-electron chi connectivity index (χ2n) is 11.3. The number of hydrogen-bond acceptors (Lipinski definition) is 4. The van der Waals surface area contributed by atoms with Crippen LogP contribution in [0.4, 0.5) is 0 Å². The van der Waals surface area contributed by atoms with Gasteiger partial charge in [0.1, 0.15) is 11.5 Å². The molecule has 0 fully saturated rings. The molecule has 5 heteroatoms. The number of benzene rings is 5.